The number of nitrogens with one attached hydrogen (secondary N) is 1. The van der Waals surface area contributed by atoms with Crippen LogP contribution in [0.25, 0.3) is 22.2 Å². The Kier molecular flexibility index (Phi) is 5.22. The van der Waals surface area contributed by atoms with E-state index in [1.807, 2.05) is 80.6 Å². The molecular weight excluding hydrogens is 382 g/mol. The van der Waals surface area contributed by atoms with E-state index in [0.29, 0.717) is 11.0 Å². The maximum atomic E-state index is 12.6. The van der Waals surface area contributed by atoms with Gasteiger partial charge in [-0.25, -0.2) is 4.68 Å². The Balaban J connectivity index is 1.46. The van der Waals surface area contributed by atoms with E-state index in [9.17, 15) is 4.79 Å². The smallest absolute Gasteiger partial charge is 0.237 e. The van der Waals surface area contributed by atoms with E-state index in [0.717, 1.165) is 27.6 Å². The van der Waals surface area contributed by atoms with Gasteiger partial charge in [-0.15, -0.1) is 10.2 Å². The highest BCUT2D eigenvalue weighted by Gasteiger charge is 2.20. The number of carbonyl (C=O) groups excluding carboxylic acids is 1. The molecule has 29 heavy (non-hydrogen) atoms. The molecule has 1 heterocycles. The van der Waals surface area contributed by atoms with Gasteiger partial charge in [0.2, 0.25) is 11.1 Å². The molecule has 0 aliphatic rings. The second-order valence-electron chi connectivity index (χ2n) is 6.85. The molecule has 0 aliphatic heterocycles. The number of anilines is 1. The van der Waals surface area contributed by atoms with E-state index in [4.69, 9.17) is 5.84 Å². The molecule has 0 saturated carbocycles. The quantitative estimate of drug-likeness (QED) is 0.384. The highest BCUT2D eigenvalue weighted by Crippen LogP contribution is 2.26. The summed E-state index contributed by atoms with van der Waals surface area (Å²) in [7, 11) is 0. The summed E-state index contributed by atoms with van der Waals surface area (Å²) in [6, 6.07) is 21.8. The molecule has 0 fully saturated rings. The van der Waals surface area contributed by atoms with Crippen molar-refractivity contribution >= 4 is 34.1 Å². The number of aromatic nitrogens is 3. The van der Waals surface area contributed by atoms with Crippen molar-refractivity contribution in [1.82, 2.24) is 14.9 Å². The number of carbonyl (C=O) groups is 1. The van der Waals surface area contributed by atoms with Crippen molar-refractivity contribution in [3.8, 4) is 11.4 Å². The molecule has 0 bridgehead atoms. The molecule has 0 unspecified atom stereocenters. The van der Waals surface area contributed by atoms with Crippen molar-refractivity contribution in [2.75, 3.05) is 11.2 Å². The van der Waals surface area contributed by atoms with E-state index in [1.165, 1.54) is 16.4 Å². The lowest BCUT2D eigenvalue weighted by molar-refractivity contribution is -0.115. The van der Waals surface area contributed by atoms with Crippen LogP contribution in [-0.2, 0) is 4.79 Å². The lowest BCUT2D eigenvalue weighted by Gasteiger charge is -2.12. The molecule has 4 aromatic rings. The van der Waals surface area contributed by atoms with Crippen LogP contribution in [0.15, 0.2) is 71.9 Å². The zero-order chi connectivity index (χ0) is 20.4. The number of hydrogen-bond donors (Lipinski definition) is 2. The number of nitrogen functional groups attached to an aromatic ring is 1. The second kappa shape index (κ2) is 7.97. The van der Waals surface area contributed by atoms with Crippen LogP contribution < -0.4 is 11.2 Å². The van der Waals surface area contributed by atoms with Gasteiger partial charge in [-0.3, -0.25) is 4.79 Å². The maximum Gasteiger partial charge on any atom is 0.237 e. The molecule has 1 amide bonds. The van der Waals surface area contributed by atoms with Gasteiger partial charge in [0, 0.05) is 11.3 Å². The third kappa shape index (κ3) is 4.09. The lowest BCUT2D eigenvalue weighted by Crippen LogP contribution is -2.23. The van der Waals surface area contributed by atoms with Gasteiger partial charge < -0.3 is 11.2 Å². The standard InChI is InChI=1S/C22H21N5OS/c1-14-7-9-17(10-8-14)20-25-26-22(27(20)23)29-15(2)21(28)24-19-12-11-16-5-3-4-6-18(16)13-19/h3-13,15H,23H2,1-2H3,(H,24,28)/t15-/m1/s1. The number of thioether (sulfide) groups is 1. The van der Waals surface area contributed by atoms with E-state index in [2.05, 4.69) is 15.5 Å². The van der Waals surface area contributed by atoms with E-state index in [1.54, 1.807) is 0 Å². The normalized spacial score (nSPS) is 12.1. The lowest BCUT2D eigenvalue weighted by atomic mass is 10.1. The van der Waals surface area contributed by atoms with Gasteiger partial charge in [-0.1, -0.05) is 71.9 Å². The van der Waals surface area contributed by atoms with Gasteiger partial charge >= 0.3 is 0 Å². The molecule has 3 aromatic carbocycles. The minimum Gasteiger partial charge on any atom is -0.335 e. The van der Waals surface area contributed by atoms with Crippen LogP contribution >= 0.6 is 11.8 Å². The van der Waals surface area contributed by atoms with Crippen molar-refractivity contribution in [1.29, 1.82) is 0 Å². The number of nitrogens with two attached hydrogens (primary N) is 1. The number of benzene rings is 3. The first-order valence-corrected chi connectivity index (χ1v) is 10.1. The SMILES string of the molecule is Cc1ccc(-c2nnc(S[C@H](C)C(=O)Nc3ccc4ccccc4c3)n2N)cc1. The third-order valence-electron chi connectivity index (χ3n) is 4.64. The molecule has 0 spiro atoms. The van der Waals surface area contributed by atoms with Crippen LogP contribution in [0.1, 0.15) is 12.5 Å². The molecular formula is C22H21N5OS. The molecule has 146 valence electrons. The molecule has 1 atom stereocenters. The van der Waals surface area contributed by atoms with Gasteiger partial charge in [0.05, 0.1) is 5.25 Å². The Morgan fingerprint density at radius 2 is 1.76 bits per heavy atom. The summed E-state index contributed by atoms with van der Waals surface area (Å²) in [5.41, 5.74) is 2.80. The molecule has 6 nitrogen and oxygen atoms in total. The van der Waals surface area contributed by atoms with Gasteiger partial charge in [0.15, 0.2) is 5.82 Å². The molecule has 0 aliphatic carbocycles. The predicted molar refractivity (Wildman–Crippen MR) is 118 cm³/mol. The molecule has 3 N–H and O–H groups in total. The summed E-state index contributed by atoms with van der Waals surface area (Å²) in [4.78, 5) is 12.6. The Morgan fingerprint density at radius 3 is 2.52 bits per heavy atom. The highest BCUT2D eigenvalue weighted by molar-refractivity contribution is 8.00. The summed E-state index contributed by atoms with van der Waals surface area (Å²) >= 11 is 1.27. The molecule has 4 rings (SSSR count). The summed E-state index contributed by atoms with van der Waals surface area (Å²) in [5.74, 6) is 6.62. The largest absolute Gasteiger partial charge is 0.335 e. The molecule has 0 saturated heterocycles. The fraction of sp³-hybridized carbons (Fsp3) is 0.136. The summed E-state index contributed by atoms with van der Waals surface area (Å²) < 4.78 is 1.43. The third-order valence-corrected chi connectivity index (χ3v) is 5.70. The fourth-order valence-corrected chi connectivity index (χ4v) is 3.75. The average molecular weight is 404 g/mol. The van der Waals surface area contributed by atoms with E-state index >= 15 is 0 Å². The zero-order valence-electron chi connectivity index (χ0n) is 16.2. The van der Waals surface area contributed by atoms with Crippen LogP contribution in [-0.4, -0.2) is 26.0 Å². The summed E-state index contributed by atoms with van der Waals surface area (Å²) in [6.45, 7) is 3.84. The van der Waals surface area contributed by atoms with E-state index < -0.39 is 0 Å². The topological polar surface area (TPSA) is 85.8 Å². The highest BCUT2D eigenvalue weighted by atomic mass is 32.2. The number of aryl methyl sites for hydroxylation is 1. The maximum absolute atomic E-state index is 12.6. The first-order chi connectivity index (χ1) is 14.0. The van der Waals surface area contributed by atoms with Crippen molar-refractivity contribution in [3.63, 3.8) is 0 Å². The number of rotatable bonds is 5. The average Bonchev–Trinajstić information content (AvgIpc) is 3.08. The van der Waals surface area contributed by atoms with Crippen LogP contribution in [0.2, 0.25) is 0 Å². The Labute approximate surface area is 173 Å². The van der Waals surface area contributed by atoms with Crippen molar-refractivity contribution in [2.45, 2.75) is 24.3 Å². The van der Waals surface area contributed by atoms with Gasteiger partial charge in [-0.2, -0.15) is 0 Å². The first kappa shape index (κ1) is 19.0. The predicted octanol–water partition coefficient (Wildman–Crippen LogP) is 4.24. The zero-order valence-corrected chi connectivity index (χ0v) is 17.0. The van der Waals surface area contributed by atoms with E-state index in [-0.39, 0.29) is 11.2 Å². The number of fused-ring (bicyclic) bond motifs is 1. The number of nitrogens with zero attached hydrogens (tertiary/aromatic N) is 3. The van der Waals surface area contributed by atoms with Crippen LogP contribution in [0, 0.1) is 6.92 Å². The number of hydrogen-bond acceptors (Lipinski definition) is 5. The summed E-state index contributed by atoms with van der Waals surface area (Å²) in [6.07, 6.45) is 0. The van der Waals surface area contributed by atoms with Crippen LogP contribution in [0.5, 0.6) is 0 Å². The fourth-order valence-electron chi connectivity index (χ4n) is 2.98. The summed E-state index contributed by atoms with van der Waals surface area (Å²) in [5, 5.41) is 13.6. The van der Waals surface area contributed by atoms with Gasteiger partial charge in [0.25, 0.3) is 0 Å². The first-order valence-electron chi connectivity index (χ1n) is 9.25. The molecule has 7 heteroatoms. The Morgan fingerprint density at radius 1 is 1.03 bits per heavy atom. The van der Waals surface area contributed by atoms with Crippen molar-refractivity contribution < 1.29 is 4.79 Å². The van der Waals surface area contributed by atoms with Crippen LogP contribution in [0.4, 0.5) is 5.69 Å². The Bertz CT molecular complexity index is 1170. The molecule has 1 aromatic heterocycles. The minimum atomic E-state index is -0.390. The second-order valence-corrected chi connectivity index (χ2v) is 8.16. The Hall–Kier alpha value is -3.32. The number of amides is 1. The van der Waals surface area contributed by atoms with Gasteiger partial charge in [-0.05, 0) is 36.8 Å². The molecule has 0 radical (unpaired) electrons. The van der Waals surface area contributed by atoms with Crippen molar-refractivity contribution in [2.24, 2.45) is 0 Å². The van der Waals surface area contributed by atoms with Crippen LogP contribution in [0.3, 0.4) is 0 Å². The minimum absolute atomic E-state index is 0.120. The monoisotopic (exact) mass is 403 g/mol. The van der Waals surface area contributed by atoms with Crippen molar-refractivity contribution in [3.05, 3.63) is 72.3 Å². The van der Waals surface area contributed by atoms with Gasteiger partial charge in [0.1, 0.15) is 0 Å².